The zero-order chi connectivity index (χ0) is 19.0. The van der Waals surface area contributed by atoms with Crippen LogP contribution in [0.4, 0.5) is 5.82 Å². The van der Waals surface area contributed by atoms with Gasteiger partial charge in [-0.25, -0.2) is 4.98 Å². The summed E-state index contributed by atoms with van der Waals surface area (Å²) < 4.78 is 0.634. The van der Waals surface area contributed by atoms with E-state index in [1.165, 1.54) is 31.0 Å². The summed E-state index contributed by atoms with van der Waals surface area (Å²) in [5.74, 6) is 0.973. The summed E-state index contributed by atoms with van der Waals surface area (Å²) in [5, 5.41) is 1.09. The van der Waals surface area contributed by atoms with Crippen molar-refractivity contribution in [3.63, 3.8) is 0 Å². The Kier molecular flexibility index (Phi) is 5.19. The number of nitrogens with zero attached hydrogens (tertiary/aromatic N) is 3. The largest absolute Gasteiger partial charge is 0.356 e. The highest BCUT2D eigenvalue weighted by atomic mass is 32.2. The van der Waals surface area contributed by atoms with Crippen LogP contribution in [-0.4, -0.2) is 39.2 Å². The molecule has 2 aromatic rings. The number of anilines is 1. The molecule has 140 valence electrons. The summed E-state index contributed by atoms with van der Waals surface area (Å²) in [6.45, 7) is 6.01. The van der Waals surface area contributed by atoms with Crippen LogP contribution in [0, 0.1) is 0 Å². The van der Waals surface area contributed by atoms with Crippen LogP contribution >= 0.6 is 24.0 Å². The molecule has 4 nitrogen and oxygen atoms in total. The van der Waals surface area contributed by atoms with Crippen LogP contribution in [0.2, 0.25) is 0 Å². The Labute approximate surface area is 169 Å². The molecule has 2 saturated heterocycles. The monoisotopic (exact) mass is 397 g/mol. The van der Waals surface area contributed by atoms with Gasteiger partial charge in [0.25, 0.3) is 5.91 Å². The van der Waals surface area contributed by atoms with Gasteiger partial charge in [0.2, 0.25) is 0 Å². The van der Waals surface area contributed by atoms with E-state index in [4.69, 9.17) is 17.2 Å². The SMILES string of the molecule is CC(C)N1C(=O)/C(=C/c2cc3ccccc3nc2N2CCCCC2)SC1=S. The molecule has 2 aliphatic rings. The number of carbonyl (C=O) groups excluding carboxylic acids is 1. The molecule has 2 aliphatic heterocycles. The van der Waals surface area contributed by atoms with E-state index in [2.05, 4.69) is 17.0 Å². The van der Waals surface area contributed by atoms with E-state index >= 15 is 0 Å². The van der Waals surface area contributed by atoms with Gasteiger partial charge in [-0.05, 0) is 51.3 Å². The molecule has 1 amide bonds. The molecule has 4 rings (SSSR count). The molecular weight excluding hydrogens is 374 g/mol. The Morgan fingerprint density at radius 2 is 1.93 bits per heavy atom. The molecule has 0 unspecified atom stereocenters. The smallest absolute Gasteiger partial charge is 0.266 e. The van der Waals surface area contributed by atoms with Crippen molar-refractivity contribution < 1.29 is 4.79 Å². The molecule has 1 aromatic carbocycles. The Bertz CT molecular complexity index is 932. The molecule has 0 atom stereocenters. The topological polar surface area (TPSA) is 36.4 Å². The molecule has 0 bridgehead atoms. The molecule has 0 spiro atoms. The summed E-state index contributed by atoms with van der Waals surface area (Å²) in [4.78, 5) is 22.5. The molecule has 0 radical (unpaired) electrons. The fraction of sp³-hybridized carbons (Fsp3) is 0.381. The number of thiocarbonyl (C=S) groups is 1. The molecule has 1 aromatic heterocycles. The minimum absolute atomic E-state index is 0.00208. The summed E-state index contributed by atoms with van der Waals surface area (Å²) in [6.07, 6.45) is 5.62. The highest BCUT2D eigenvalue weighted by molar-refractivity contribution is 8.26. The van der Waals surface area contributed by atoms with Gasteiger partial charge in [-0.2, -0.15) is 0 Å². The molecule has 27 heavy (non-hydrogen) atoms. The number of pyridine rings is 1. The van der Waals surface area contributed by atoms with E-state index in [0.29, 0.717) is 9.23 Å². The Morgan fingerprint density at radius 1 is 1.19 bits per heavy atom. The average Bonchev–Trinajstić information content (AvgIpc) is 2.95. The first-order chi connectivity index (χ1) is 13.0. The Hall–Kier alpha value is -1.92. The predicted molar refractivity (Wildman–Crippen MR) is 118 cm³/mol. The fourth-order valence-corrected chi connectivity index (χ4v) is 5.17. The molecule has 0 aliphatic carbocycles. The minimum atomic E-state index is -0.00208. The summed E-state index contributed by atoms with van der Waals surface area (Å²) >= 11 is 6.81. The first-order valence-corrected chi connectivity index (χ1v) is 10.7. The molecule has 2 fully saturated rings. The van der Waals surface area contributed by atoms with Crippen molar-refractivity contribution in [1.82, 2.24) is 9.88 Å². The van der Waals surface area contributed by atoms with Gasteiger partial charge in [-0.3, -0.25) is 9.69 Å². The number of hydrogen-bond donors (Lipinski definition) is 0. The number of carbonyl (C=O) groups is 1. The van der Waals surface area contributed by atoms with Gasteiger partial charge in [-0.15, -0.1) is 0 Å². The standard InChI is InChI=1S/C21H23N3OS2/c1-14(2)24-20(25)18(27-21(24)26)13-16-12-15-8-4-5-9-17(15)22-19(16)23-10-6-3-7-11-23/h4-5,8-9,12-14H,3,6-7,10-11H2,1-2H3/b18-13-. The van der Waals surface area contributed by atoms with E-state index in [0.717, 1.165) is 35.4 Å². The lowest BCUT2D eigenvalue weighted by Crippen LogP contribution is -2.34. The number of hydrogen-bond acceptors (Lipinski definition) is 5. The third kappa shape index (κ3) is 3.60. The number of aromatic nitrogens is 1. The molecule has 0 N–H and O–H groups in total. The summed E-state index contributed by atoms with van der Waals surface area (Å²) in [6, 6.07) is 10.4. The third-order valence-electron chi connectivity index (χ3n) is 5.01. The van der Waals surface area contributed by atoms with E-state index in [9.17, 15) is 4.79 Å². The summed E-state index contributed by atoms with van der Waals surface area (Å²) in [5.41, 5.74) is 1.99. The van der Waals surface area contributed by atoms with Crippen molar-refractivity contribution in [3.8, 4) is 0 Å². The van der Waals surface area contributed by atoms with Crippen molar-refractivity contribution >= 4 is 57.0 Å². The molecular formula is C21H23N3OS2. The highest BCUT2D eigenvalue weighted by Crippen LogP contribution is 2.36. The van der Waals surface area contributed by atoms with Crippen molar-refractivity contribution in [1.29, 1.82) is 0 Å². The van der Waals surface area contributed by atoms with Crippen LogP contribution in [0.15, 0.2) is 35.2 Å². The van der Waals surface area contributed by atoms with E-state index in [1.54, 1.807) is 4.90 Å². The van der Waals surface area contributed by atoms with Crippen molar-refractivity contribution in [3.05, 3.63) is 40.8 Å². The molecule has 0 saturated carbocycles. The van der Waals surface area contributed by atoms with Gasteiger partial charge in [0.1, 0.15) is 10.1 Å². The number of fused-ring (bicyclic) bond motifs is 1. The molecule has 6 heteroatoms. The van der Waals surface area contributed by atoms with Gasteiger partial charge in [0.05, 0.1) is 10.4 Å². The lowest BCUT2D eigenvalue weighted by Gasteiger charge is -2.29. The maximum absolute atomic E-state index is 12.8. The van der Waals surface area contributed by atoms with Crippen LogP contribution in [0.3, 0.4) is 0 Å². The fourth-order valence-electron chi connectivity index (χ4n) is 3.65. The maximum Gasteiger partial charge on any atom is 0.266 e. The second kappa shape index (κ2) is 7.60. The first-order valence-electron chi connectivity index (χ1n) is 9.46. The van der Waals surface area contributed by atoms with E-state index < -0.39 is 0 Å². The number of amides is 1. The van der Waals surface area contributed by atoms with E-state index in [-0.39, 0.29) is 11.9 Å². The zero-order valence-corrected chi connectivity index (χ0v) is 17.3. The molecule has 3 heterocycles. The first kappa shape index (κ1) is 18.4. The van der Waals surface area contributed by atoms with Gasteiger partial charge >= 0.3 is 0 Å². The highest BCUT2D eigenvalue weighted by Gasteiger charge is 2.34. The number of thioether (sulfide) groups is 1. The number of benzene rings is 1. The maximum atomic E-state index is 12.8. The average molecular weight is 398 g/mol. The van der Waals surface area contributed by atoms with Crippen molar-refractivity contribution in [2.45, 2.75) is 39.2 Å². The second-order valence-corrected chi connectivity index (χ2v) is 8.96. The Morgan fingerprint density at radius 3 is 2.63 bits per heavy atom. The zero-order valence-electron chi connectivity index (χ0n) is 15.6. The van der Waals surface area contributed by atoms with Crippen LogP contribution in [0.25, 0.3) is 17.0 Å². The van der Waals surface area contributed by atoms with Crippen LogP contribution in [0.5, 0.6) is 0 Å². The quantitative estimate of drug-likeness (QED) is 0.547. The van der Waals surface area contributed by atoms with Crippen molar-refractivity contribution in [2.75, 3.05) is 18.0 Å². The van der Waals surface area contributed by atoms with Crippen LogP contribution in [-0.2, 0) is 4.79 Å². The second-order valence-electron chi connectivity index (χ2n) is 7.29. The van der Waals surface area contributed by atoms with Gasteiger partial charge in [0.15, 0.2) is 0 Å². The van der Waals surface area contributed by atoms with Gasteiger partial charge < -0.3 is 4.90 Å². The van der Waals surface area contributed by atoms with Crippen LogP contribution < -0.4 is 4.90 Å². The third-order valence-corrected chi connectivity index (χ3v) is 6.34. The van der Waals surface area contributed by atoms with Gasteiger partial charge in [0, 0.05) is 30.1 Å². The minimum Gasteiger partial charge on any atom is -0.356 e. The lowest BCUT2D eigenvalue weighted by atomic mass is 10.1. The van der Waals surface area contributed by atoms with Gasteiger partial charge in [-0.1, -0.05) is 42.2 Å². The van der Waals surface area contributed by atoms with Crippen LogP contribution in [0.1, 0.15) is 38.7 Å². The number of piperidine rings is 1. The summed E-state index contributed by atoms with van der Waals surface area (Å²) in [7, 11) is 0. The number of para-hydroxylation sites is 1. The number of rotatable bonds is 3. The van der Waals surface area contributed by atoms with Crippen molar-refractivity contribution in [2.24, 2.45) is 0 Å². The normalized spacial score (nSPS) is 19.7. The van der Waals surface area contributed by atoms with E-state index in [1.807, 2.05) is 38.1 Å². The lowest BCUT2D eigenvalue weighted by molar-refractivity contribution is -0.123. The Balaban J connectivity index is 1.80. The predicted octanol–water partition coefficient (Wildman–Crippen LogP) is 4.83.